The van der Waals surface area contributed by atoms with Crippen LogP contribution >= 0.6 is 0 Å². The van der Waals surface area contributed by atoms with Gasteiger partial charge in [-0.15, -0.1) is 0 Å². The number of carbonyl (C=O) groups is 1. The number of aromatic nitrogens is 2. The Morgan fingerprint density at radius 3 is 2.55 bits per heavy atom. The molecule has 4 nitrogen and oxygen atoms in total. The maximum atomic E-state index is 10.8. The van der Waals surface area contributed by atoms with Gasteiger partial charge in [-0.3, -0.25) is 9.97 Å². The summed E-state index contributed by atoms with van der Waals surface area (Å²) in [7, 11) is 6.48. The highest BCUT2D eigenvalue weighted by Crippen LogP contribution is 1.93. The van der Waals surface area contributed by atoms with Crippen molar-refractivity contribution < 1.29 is 9.53 Å². The number of esters is 1. The van der Waals surface area contributed by atoms with E-state index in [1.54, 1.807) is 0 Å². The van der Waals surface area contributed by atoms with Crippen LogP contribution in [0.5, 0.6) is 0 Å². The van der Waals surface area contributed by atoms with E-state index in [1.807, 2.05) is 0 Å². The van der Waals surface area contributed by atoms with Crippen LogP contribution in [0.2, 0.25) is 0 Å². The topological polar surface area (TPSA) is 52.1 Å². The molecule has 1 rings (SSSR count). The maximum Gasteiger partial charge on any atom is 0.341 e. The summed E-state index contributed by atoms with van der Waals surface area (Å²) in [5, 5.41) is 0. The van der Waals surface area contributed by atoms with E-state index in [1.165, 1.54) is 19.5 Å². The summed E-state index contributed by atoms with van der Waals surface area (Å²) in [5.41, 5.74) is 0.430. The third-order valence-corrected chi connectivity index (χ3v) is 1.09. The van der Waals surface area contributed by atoms with Gasteiger partial charge in [-0.25, -0.2) is 4.79 Å². The van der Waals surface area contributed by atoms with Gasteiger partial charge in [0.25, 0.3) is 0 Å². The Kier molecular flexibility index (Phi) is 2.20. The normalized spacial score (nSPS) is 9.18. The average Bonchev–Trinajstić information content (AvgIpc) is 2.05. The zero-order valence-electron chi connectivity index (χ0n) is 5.94. The molecule has 0 atom stereocenters. The Bertz CT molecular complexity index is 260. The molecule has 0 unspecified atom stereocenters. The first kappa shape index (κ1) is 7.72. The van der Waals surface area contributed by atoms with Gasteiger partial charge in [0.15, 0.2) is 7.85 Å². The smallest absolute Gasteiger partial charge is 0.341 e. The van der Waals surface area contributed by atoms with Crippen LogP contribution in [0.1, 0.15) is 10.4 Å². The van der Waals surface area contributed by atoms with E-state index in [2.05, 4.69) is 14.7 Å². The van der Waals surface area contributed by atoms with E-state index in [-0.39, 0.29) is 5.72 Å². The summed E-state index contributed by atoms with van der Waals surface area (Å²) in [6.07, 6.45) is 2.63. The largest absolute Gasteiger partial charge is 0.465 e. The Balaban J connectivity index is 2.90. The molecule has 0 spiro atoms. The van der Waals surface area contributed by atoms with Crippen molar-refractivity contribution in [1.29, 1.82) is 0 Å². The standard InChI is InChI=1S/C6H5BN2O2/c1-11-5(10)4-2-8-6(7)9-3-4/h2-3H,1H3. The molecule has 0 aliphatic heterocycles. The van der Waals surface area contributed by atoms with Gasteiger partial charge in [-0.05, 0) is 0 Å². The highest BCUT2D eigenvalue weighted by atomic mass is 16.5. The van der Waals surface area contributed by atoms with Crippen LogP contribution in [0, 0.1) is 0 Å². The molecule has 0 amide bonds. The van der Waals surface area contributed by atoms with Gasteiger partial charge < -0.3 is 4.74 Å². The summed E-state index contributed by atoms with van der Waals surface area (Å²) in [6.45, 7) is 0. The molecular weight excluding hydrogens is 143 g/mol. The third kappa shape index (κ3) is 1.76. The second-order valence-corrected chi connectivity index (χ2v) is 1.82. The van der Waals surface area contributed by atoms with Gasteiger partial charge in [-0.2, -0.15) is 0 Å². The van der Waals surface area contributed by atoms with Gasteiger partial charge >= 0.3 is 5.97 Å². The fraction of sp³-hybridized carbons (Fsp3) is 0.167. The summed E-state index contributed by atoms with van der Waals surface area (Å²) in [4.78, 5) is 18.0. The van der Waals surface area contributed by atoms with Crippen LogP contribution in [0.3, 0.4) is 0 Å². The predicted octanol–water partition coefficient (Wildman–Crippen LogP) is -0.943. The summed E-state index contributed by atoms with van der Waals surface area (Å²) >= 11 is 0. The van der Waals surface area contributed by atoms with Crippen molar-refractivity contribution in [3.63, 3.8) is 0 Å². The Labute approximate surface area is 65.0 Å². The van der Waals surface area contributed by atoms with E-state index in [0.29, 0.717) is 5.56 Å². The first-order chi connectivity index (χ1) is 5.24. The Morgan fingerprint density at radius 1 is 1.55 bits per heavy atom. The second-order valence-electron chi connectivity index (χ2n) is 1.82. The van der Waals surface area contributed by atoms with Crippen molar-refractivity contribution in [3.05, 3.63) is 18.0 Å². The minimum absolute atomic E-state index is 0.137. The molecular formula is C6H5BN2O2. The van der Waals surface area contributed by atoms with E-state index in [4.69, 9.17) is 7.85 Å². The van der Waals surface area contributed by atoms with Crippen molar-refractivity contribution in [3.8, 4) is 0 Å². The SMILES string of the molecule is [B]c1ncc(C(=O)OC)cn1. The monoisotopic (exact) mass is 148 g/mol. The van der Waals surface area contributed by atoms with Crippen LogP contribution < -0.4 is 5.72 Å². The van der Waals surface area contributed by atoms with Crippen molar-refractivity contribution in [1.82, 2.24) is 9.97 Å². The number of hydrogen-bond donors (Lipinski definition) is 0. The van der Waals surface area contributed by atoms with Crippen LogP contribution in [-0.2, 0) is 4.74 Å². The zero-order chi connectivity index (χ0) is 8.27. The van der Waals surface area contributed by atoms with E-state index < -0.39 is 5.97 Å². The minimum atomic E-state index is -0.468. The summed E-state index contributed by atoms with van der Waals surface area (Å²) < 4.78 is 4.42. The molecule has 0 aromatic carbocycles. The fourth-order valence-corrected chi connectivity index (χ4v) is 0.561. The summed E-state index contributed by atoms with van der Waals surface area (Å²) in [6, 6.07) is 0. The van der Waals surface area contributed by atoms with Crippen molar-refractivity contribution >= 4 is 19.5 Å². The molecule has 0 saturated heterocycles. The number of ether oxygens (including phenoxy) is 1. The lowest BCUT2D eigenvalue weighted by molar-refractivity contribution is 0.0600. The molecule has 0 aliphatic carbocycles. The van der Waals surface area contributed by atoms with Crippen LogP contribution in [-0.4, -0.2) is 30.9 Å². The number of hydrogen-bond acceptors (Lipinski definition) is 4. The minimum Gasteiger partial charge on any atom is -0.465 e. The van der Waals surface area contributed by atoms with E-state index >= 15 is 0 Å². The van der Waals surface area contributed by atoms with Crippen LogP contribution in [0.15, 0.2) is 12.4 Å². The van der Waals surface area contributed by atoms with Gasteiger partial charge in [0, 0.05) is 12.4 Å². The van der Waals surface area contributed by atoms with Gasteiger partial charge in [0.1, 0.15) is 0 Å². The predicted molar refractivity (Wildman–Crippen MR) is 38.8 cm³/mol. The first-order valence-corrected chi connectivity index (χ1v) is 2.90. The first-order valence-electron chi connectivity index (χ1n) is 2.90. The van der Waals surface area contributed by atoms with Crippen molar-refractivity contribution in [2.24, 2.45) is 0 Å². The molecule has 2 radical (unpaired) electrons. The lowest BCUT2D eigenvalue weighted by Crippen LogP contribution is -2.14. The number of rotatable bonds is 1. The highest BCUT2D eigenvalue weighted by Gasteiger charge is 2.03. The molecule has 11 heavy (non-hydrogen) atoms. The number of carbonyl (C=O) groups excluding carboxylic acids is 1. The average molecular weight is 148 g/mol. The maximum absolute atomic E-state index is 10.8. The zero-order valence-corrected chi connectivity index (χ0v) is 5.94. The molecule has 0 fully saturated rings. The number of nitrogens with zero attached hydrogens (tertiary/aromatic N) is 2. The third-order valence-electron chi connectivity index (χ3n) is 1.09. The van der Waals surface area contributed by atoms with Crippen molar-refractivity contribution in [2.45, 2.75) is 0 Å². The van der Waals surface area contributed by atoms with Crippen molar-refractivity contribution in [2.75, 3.05) is 7.11 Å². The number of methoxy groups -OCH3 is 1. The lowest BCUT2D eigenvalue weighted by atomic mass is 10.1. The molecule has 0 aliphatic rings. The molecule has 0 N–H and O–H groups in total. The highest BCUT2D eigenvalue weighted by molar-refractivity contribution is 6.28. The molecule has 0 bridgehead atoms. The Morgan fingerprint density at radius 2 is 2.09 bits per heavy atom. The van der Waals surface area contributed by atoms with E-state index in [9.17, 15) is 4.79 Å². The Hall–Kier alpha value is -1.39. The molecule has 5 heteroatoms. The quantitative estimate of drug-likeness (QED) is 0.380. The fourth-order valence-electron chi connectivity index (χ4n) is 0.561. The molecule has 0 saturated carbocycles. The molecule has 1 aromatic heterocycles. The second kappa shape index (κ2) is 3.14. The van der Waals surface area contributed by atoms with E-state index in [0.717, 1.165) is 0 Å². The summed E-state index contributed by atoms with van der Waals surface area (Å²) in [5.74, 6) is -0.468. The lowest BCUT2D eigenvalue weighted by Gasteiger charge is -1.96. The molecule has 1 heterocycles. The van der Waals surface area contributed by atoms with Gasteiger partial charge in [0.05, 0.1) is 18.4 Å². The molecule has 1 aromatic rings. The van der Waals surface area contributed by atoms with Gasteiger partial charge in [-0.1, -0.05) is 0 Å². The van der Waals surface area contributed by atoms with Crippen LogP contribution in [0.25, 0.3) is 0 Å². The van der Waals surface area contributed by atoms with Crippen LogP contribution in [0.4, 0.5) is 0 Å². The molecule has 54 valence electrons. The van der Waals surface area contributed by atoms with Gasteiger partial charge in [0.2, 0.25) is 0 Å².